The number of aliphatic hydroxyl groups excluding tert-OH is 1. The first-order valence-corrected chi connectivity index (χ1v) is 10.2. The molecule has 31 heavy (non-hydrogen) atoms. The molecule has 1 aromatic carbocycles. The van der Waals surface area contributed by atoms with Crippen molar-refractivity contribution in [1.82, 2.24) is 9.88 Å². The van der Waals surface area contributed by atoms with Gasteiger partial charge in [-0.2, -0.15) is 8.78 Å². The predicted molar refractivity (Wildman–Crippen MR) is 106 cm³/mol. The minimum absolute atomic E-state index is 0.121. The van der Waals surface area contributed by atoms with E-state index in [9.17, 15) is 19.1 Å². The van der Waals surface area contributed by atoms with Crippen LogP contribution in [0.5, 0.6) is 0 Å². The van der Waals surface area contributed by atoms with Crippen molar-refractivity contribution in [3.8, 4) is 0 Å². The van der Waals surface area contributed by atoms with Gasteiger partial charge in [0.1, 0.15) is 11.0 Å². The Hall–Kier alpha value is -2.65. The number of nitrogens with zero attached hydrogens (tertiary/aromatic N) is 2. The molecule has 0 saturated carbocycles. The van der Waals surface area contributed by atoms with Gasteiger partial charge in [-0.3, -0.25) is 9.59 Å². The second kappa shape index (κ2) is 8.12. The molecule has 2 aliphatic rings. The number of hydrogen-bond acceptors (Lipinski definition) is 4. The van der Waals surface area contributed by atoms with E-state index in [2.05, 4.69) is 10.3 Å². The van der Waals surface area contributed by atoms with Crippen LogP contribution in [-0.4, -0.2) is 45.0 Å². The zero-order valence-corrected chi connectivity index (χ0v) is 17.0. The summed E-state index contributed by atoms with van der Waals surface area (Å²) in [6, 6.07) is 4.29. The van der Waals surface area contributed by atoms with Crippen LogP contribution >= 0.6 is 11.6 Å². The van der Waals surface area contributed by atoms with E-state index >= 15 is 8.78 Å². The van der Waals surface area contributed by atoms with E-state index in [-0.39, 0.29) is 29.2 Å². The summed E-state index contributed by atoms with van der Waals surface area (Å²) >= 11 is 5.76. The minimum Gasteiger partial charge on any atom is -0.393 e. The van der Waals surface area contributed by atoms with Crippen LogP contribution in [0.4, 0.5) is 18.9 Å². The Morgan fingerprint density at radius 1 is 1.16 bits per heavy atom. The zero-order valence-electron chi connectivity index (χ0n) is 16.2. The maximum absolute atomic E-state index is 15.1. The monoisotopic (exact) mass is 453 g/mol. The van der Waals surface area contributed by atoms with Gasteiger partial charge >= 0.3 is 5.92 Å². The molecular formula is C21H19ClF3N3O3. The van der Waals surface area contributed by atoms with Gasteiger partial charge < -0.3 is 15.3 Å². The summed E-state index contributed by atoms with van der Waals surface area (Å²) in [6.07, 6.45) is 2.19. The number of hydrogen-bond donors (Lipinski definition) is 2. The van der Waals surface area contributed by atoms with Crippen molar-refractivity contribution in [1.29, 1.82) is 0 Å². The SMILES string of the molecule is O=C(Nc1ccnc(Cl)c1)c1ccc(F)c(C(F)(F)C(=O)N2[C@@H]3CC[C@H]2C[C@@H](O)C3)c1. The molecule has 2 fully saturated rings. The third kappa shape index (κ3) is 4.12. The standard InChI is InChI=1S/C21H19ClF3N3O3/c22-18-8-12(5-6-26-18)27-19(30)11-1-4-17(23)16(7-11)21(24,25)20(31)28-13-2-3-14(28)10-15(29)9-13/h1,4-8,13-15,29H,2-3,9-10H2,(H,26,27,30)/t13-,14+,15+. The third-order valence-corrected chi connectivity index (χ3v) is 5.97. The molecule has 2 aromatic rings. The van der Waals surface area contributed by atoms with Gasteiger partial charge in [-0.25, -0.2) is 9.37 Å². The van der Waals surface area contributed by atoms with Crippen LogP contribution in [0.2, 0.25) is 5.15 Å². The van der Waals surface area contributed by atoms with E-state index in [0.29, 0.717) is 18.9 Å². The molecule has 164 valence electrons. The quantitative estimate of drug-likeness (QED) is 0.691. The van der Waals surface area contributed by atoms with Crippen molar-refractivity contribution in [2.45, 2.75) is 49.8 Å². The molecule has 6 nitrogen and oxygen atoms in total. The van der Waals surface area contributed by atoms with E-state index < -0.39 is 47.3 Å². The second-order valence-corrected chi connectivity index (χ2v) is 8.20. The fraction of sp³-hybridized carbons (Fsp3) is 0.381. The lowest BCUT2D eigenvalue weighted by Gasteiger charge is -2.39. The molecule has 2 aliphatic heterocycles. The molecule has 2 bridgehead atoms. The average Bonchev–Trinajstić information content (AvgIpc) is 2.98. The van der Waals surface area contributed by atoms with Gasteiger partial charge in [-0.05, 0) is 56.0 Å². The van der Waals surface area contributed by atoms with Crippen LogP contribution in [0, 0.1) is 5.82 Å². The number of aromatic nitrogens is 1. The highest BCUT2D eigenvalue weighted by atomic mass is 35.5. The van der Waals surface area contributed by atoms with Gasteiger partial charge in [0.05, 0.1) is 11.7 Å². The number of fused-ring (bicyclic) bond motifs is 2. The van der Waals surface area contributed by atoms with Crippen LogP contribution < -0.4 is 5.32 Å². The number of carbonyl (C=O) groups is 2. The fourth-order valence-electron chi connectivity index (χ4n) is 4.35. The maximum atomic E-state index is 15.1. The molecule has 3 heterocycles. The average molecular weight is 454 g/mol. The molecule has 2 saturated heterocycles. The van der Waals surface area contributed by atoms with Crippen molar-refractivity contribution >= 4 is 29.1 Å². The molecule has 0 unspecified atom stereocenters. The number of anilines is 1. The zero-order chi connectivity index (χ0) is 22.3. The van der Waals surface area contributed by atoms with Gasteiger partial charge in [-0.15, -0.1) is 0 Å². The van der Waals surface area contributed by atoms with Crippen molar-refractivity contribution in [2.24, 2.45) is 0 Å². The van der Waals surface area contributed by atoms with Gasteiger partial charge in [-0.1, -0.05) is 11.6 Å². The summed E-state index contributed by atoms with van der Waals surface area (Å²) in [4.78, 5) is 30.1. The highest BCUT2D eigenvalue weighted by Gasteiger charge is 2.53. The number of pyridine rings is 1. The summed E-state index contributed by atoms with van der Waals surface area (Å²) in [5, 5.41) is 12.4. The highest BCUT2D eigenvalue weighted by molar-refractivity contribution is 6.29. The molecule has 4 rings (SSSR count). The number of carbonyl (C=O) groups excluding carboxylic acids is 2. The number of rotatable bonds is 4. The largest absolute Gasteiger partial charge is 0.393 e. The Bertz CT molecular complexity index is 1020. The van der Waals surface area contributed by atoms with Gasteiger partial charge in [0, 0.05) is 29.5 Å². The number of alkyl halides is 2. The number of piperidine rings is 1. The first-order chi connectivity index (χ1) is 14.7. The van der Waals surface area contributed by atoms with Crippen LogP contribution in [0.25, 0.3) is 0 Å². The molecule has 0 radical (unpaired) electrons. The van der Waals surface area contributed by atoms with Crippen LogP contribution in [-0.2, 0) is 10.7 Å². The summed E-state index contributed by atoms with van der Waals surface area (Å²) in [6.45, 7) is 0. The summed E-state index contributed by atoms with van der Waals surface area (Å²) in [7, 11) is 0. The van der Waals surface area contributed by atoms with Gasteiger partial charge in [0.2, 0.25) is 0 Å². The Morgan fingerprint density at radius 2 is 1.84 bits per heavy atom. The van der Waals surface area contributed by atoms with Crippen molar-refractivity contribution in [3.05, 3.63) is 58.6 Å². The Balaban J connectivity index is 1.60. The molecule has 1 aromatic heterocycles. The number of halogens is 4. The molecular weight excluding hydrogens is 435 g/mol. The van der Waals surface area contributed by atoms with E-state index in [0.717, 1.165) is 17.0 Å². The lowest BCUT2D eigenvalue weighted by molar-refractivity contribution is -0.166. The number of aliphatic hydroxyl groups is 1. The van der Waals surface area contributed by atoms with Crippen LogP contribution in [0.1, 0.15) is 41.6 Å². The first-order valence-electron chi connectivity index (χ1n) is 9.78. The molecule has 0 aliphatic carbocycles. The number of nitrogens with one attached hydrogen (secondary N) is 1. The van der Waals surface area contributed by atoms with E-state index in [1.165, 1.54) is 18.3 Å². The lowest BCUT2D eigenvalue weighted by Crippen LogP contribution is -2.53. The predicted octanol–water partition coefficient (Wildman–Crippen LogP) is 3.73. The Kier molecular flexibility index (Phi) is 5.65. The minimum atomic E-state index is -4.16. The molecule has 10 heteroatoms. The number of benzene rings is 1. The van der Waals surface area contributed by atoms with Crippen molar-refractivity contribution in [3.63, 3.8) is 0 Å². The van der Waals surface area contributed by atoms with Gasteiger partial charge in [0.25, 0.3) is 11.8 Å². The Morgan fingerprint density at radius 3 is 2.48 bits per heavy atom. The van der Waals surface area contributed by atoms with E-state index in [4.69, 9.17) is 11.6 Å². The maximum Gasteiger partial charge on any atom is 0.352 e. The first kappa shape index (κ1) is 21.6. The van der Waals surface area contributed by atoms with E-state index in [1.807, 2.05) is 0 Å². The van der Waals surface area contributed by atoms with Crippen LogP contribution in [0.3, 0.4) is 0 Å². The third-order valence-electron chi connectivity index (χ3n) is 5.76. The Labute approximate surface area is 181 Å². The van der Waals surface area contributed by atoms with Crippen LogP contribution in [0.15, 0.2) is 36.5 Å². The molecule has 2 amide bonds. The fourth-order valence-corrected chi connectivity index (χ4v) is 4.52. The van der Waals surface area contributed by atoms with Crippen molar-refractivity contribution in [2.75, 3.05) is 5.32 Å². The highest BCUT2D eigenvalue weighted by Crippen LogP contribution is 2.41. The summed E-state index contributed by atoms with van der Waals surface area (Å²) < 4.78 is 44.6. The normalized spacial score (nSPS) is 23.0. The lowest BCUT2D eigenvalue weighted by atomic mass is 9.96. The topological polar surface area (TPSA) is 82.5 Å². The number of amides is 2. The smallest absolute Gasteiger partial charge is 0.352 e. The van der Waals surface area contributed by atoms with Gasteiger partial charge in [0.15, 0.2) is 0 Å². The molecule has 2 N–H and O–H groups in total. The van der Waals surface area contributed by atoms with Crippen molar-refractivity contribution < 1.29 is 27.9 Å². The summed E-state index contributed by atoms with van der Waals surface area (Å²) in [5.41, 5.74) is -1.13. The molecule has 0 spiro atoms. The van der Waals surface area contributed by atoms with E-state index in [1.54, 1.807) is 0 Å². The second-order valence-electron chi connectivity index (χ2n) is 7.81. The molecule has 3 atom stereocenters. The summed E-state index contributed by atoms with van der Waals surface area (Å²) in [5.74, 6) is -7.73.